The first-order valence-corrected chi connectivity index (χ1v) is 4.66. The maximum atomic E-state index is 11.3. The van der Waals surface area contributed by atoms with Gasteiger partial charge < -0.3 is 10.0 Å². The van der Waals surface area contributed by atoms with Gasteiger partial charge in [-0.15, -0.1) is 0 Å². The van der Waals surface area contributed by atoms with Crippen LogP contribution in [0, 0.1) is 5.92 Å². The summed E-state index contributed by atoms with van der Waals surface area (Å²) in [4.78, 5) is 13.2. The minimum absolute atomic E-state index is 0.127. The number of aliphatic hydroxyl groups is 1. The van der Waals surface area contributed by atoms with Crippen molar-refractivity contribution in [2.75, 3.05) is 6.54 Å². The van der Waals surface area contributed by atoms with Crippen LogP contribution in [0.2, 0.25) is 0 Å². The van der Waals surface area contributed by atoms with Crippen molar-refractivity contribution >= 4 is 5.91 Å². The highest BCUT2D eigenvalue weighted by atomic mass is 16.3. The largest absolute Gasteiger partial charge is 0.391 e. The van der Waals surface area contributed by atoms with Crippen LogP contribution in [0.25, 0.3) is 0 Å². The average Bonchev–Trinajstić information content (AvgIpc) is 2.77. The van der Waals surface area contributed by atoms with Crippen molar-refractivity contribution in [2.24, 2.45) is 5.92 Å². The van der Waals surface area contributed by atoms with E-state index < -0.39 is 6.10 Å². The van der Waals surface area contributed by atoms with Crippen LogP contribution in [-0.4, -0.2) is 34.6 Å². The third-order valence-corrected chi connectivity index (χ3v) is 2.93. The zero-order chi connectivity index (χ0) is 8.72. The zero-order valence-electron chi connectivity index (χ0n) is 7.36. The molecule has 0 aromatic heterocycles. The number of nitrogens with zero attached hydrogens (tertiary/aromatic N) is 1. The first kappa shape index (κ1) is 8.05. The molecular formula is C9H15NO2. The Kier molecular flexibility index (Phi) is 1.83. The van der Waals surface area contributed by atoms with Gasteiger partial charge in [-0.25, -0.2) is 0 Å². The van der Waals surface area contributed by atoms with Crippen molar-refractivity contribution in [1.29, 1.82) is 0 Å². The van der Waals surface area contributed by atoms with E-state index in [9.17, 15) is 9.90 Å². The van der Waals surface area contributed by atoms with Gasteiger partial charge in [-0.2, -0.15) is 0 Å². The smallest absolute Gasteiger partial charge is 0.225 e. The van der Waals surface area contributed by atoms with Crippen LogP contribution < -0.4 is 0 Å². The fraction of sp³-hybridized carbons (Fsp3) is 0.889. The van der Waals surface area contributed by atoms with Crippen molar-refractivity contribution in [3.05, 3.63) is 0 Å². The number of carbonyl (C=O) groups excluding carboxylic acids is 1. The fourth-order valence-corrected chi connectivity index (χ4v) is 1.94. The zero-order valence-corrected chi connectivity index (χ0v) is 7.36. The van der Waals surface area contributed by atoms with Crippen LogP contribution in [0.5, 0.6) is 0 Å². The van der Waals surface area contributed by atoms with Crippen molar-refractivity contribution in [3.8, 4) is 0 Å². The van der Waals surface area contributed by atoms with Gasteiger partial charge in [0.05, 0.1) is 12.5 Å². The molecule has 2 fully saturated rings. The summed E-state index contributed by atoms with van der Waals surface area (Å²) in [5, 5.41) is 9.26. The molecule has 1 saturated carbocycles. The molecule has 2 aliphatic rings. The molecule has 1 heterocycles. The maximum absolute atomic E-state index is 11.3. The Morgan fingerprint density at radius 2 is 2.25 bits per heavy atom. The number of rotatable bonds is 2. The van der Waals surface area contributed by atoms with Gasteiger partial charge in [0.25, 0.3) is 0 Å². The first-order valence-electron chi connectivity index (χ1n) is 4.66. The Balaban J connectivity index is 1.98. The second-order valence-electron chi connectivity index (χ2n) is 3.98. The lowest BCUT2D eigenvalue weighted by Gasteiger charge is -2.23. The monoisotopic (exact) mass is 169 g/mol. The summed E-state index contributed by atoms with van der Waals surface area (Å²) in [6.07, 6.45) is 2.41. The van der Waals surface area contributed by atoms with E-state index in [0.717, 1.165) is 0 Å². The summed E-state index contributed by atoms with van der Waals surface area (Å²) in [5.74, 6) is 0.834. The van der Waals surface area contributed by atoms with E-state index in [2.05, 4.69) is 6.92 Å². The quantitative estimate of drug-likeness (QED) is 0.649. The topological polar surface area (TPSA) is 40.5 Å². The van der Waals surface area contributed by atoms with Gasteiger partial charge in [0.2, 0.25) is 5.91 Å². The molecule has 0 aromatic carbocycles. The molecule has 1 saturated heterocycles. The van der Waals surface area contributed by atoms with E-state index in [1.807, 2.05) is 4.90 Å². The fourth-order valence-electron chi connectivity index (χ4n) is 1.94. The number of likely N-dealkylation sites (tertiary alicyclic amines) is 1. The molecule has 12 heavy (non-hydrogen) atoms. The van der Waals surface area contributed by atoms with E-state index in [-0.39, 0.29) is 5.91 Å². The molecule has 1 amide bonds. The van der Waals surface area contributed by atoms with E-state index >= 15 is 0 Å². The van der Waals surface area contributed by atoms with Gasteiger partial charge in [-0.1, -0.05) is 0 Å². The Hall–Kier alpha value is -0.570. The minimum Gasteiger partial charge on any atom is -0.391 e. The molecule has 2 rings (SSSR count). The summed E-state index contributed by atoms with van der Waals surface area (Å²) < 4.78 is 0. The lowest BCUT2D eigenvalue weighted by atomic mass is 10.2. The molecule has 1 aliphatic heterocycles. The van der Waals surface area contributed by atoms with Gasteiger partial charge in [0.15, 0.2) is 0 Å². The van der Waals surface area contributed by atoms with Crippen molar-refractivity contribution < 1.29 is 9.90 Å². The Labute approximate surface area is 72.4 Å². The van der Waals surface area contributed by atoms with Crippen LogP contribution in [0.1, 0.15) is 26.2 Å². The Morgan fingerprint density at radius 3 is 2.67 bits per heavy atom. The van der Waals surface area contributed by atoms with Gasteiger partial charge in [0, 0.05) is 12.6 Å². The van der Waals surface area contributed by atoms with Gasteiger partial charge in [-0.3, -0.25) is 4.79 Å². The molecule has 0 radical (unpaired) electrons. The lowest BCUT2D eigenvalue weighted by Crippen LogP contribution is -2.36. The summed E-state index contributed by atoms with van der Waals surface area (Å²) in [5.41, 5.74) is 0. The maximum Gasteiger partial charge on any atom is 0.225 e. The van der Waals surface area contributed by atoms with Crippen LogP contribution in [0.15, 0.2) is 0 Å². The predicted molar refractivity (Wildman–Crippen MR) is 44.5 cm³/mol. The minimum atomic E-state index is -0.418. The molecule has 0 spiro atoms. The van der Waals surface area contributed by atoms with E-state index in [0.29, 0.717) is 24.9 Å². The lowest BCUT2D eigenvalue weighted by molar-refractivity contribution is -0.129. The second kappa shape index (κ2) is 2.73. The van der Waals surface area contributed by atoms with Gasteiger partial charge in [0.1, 0.15) is 0 Å². The number of hydrogen-bond acceptors (Lipinski definition) is 2. The Bertz CT molecular complexity index is 201. The molecule has 0 aromatic rings. The van der Waals surface area contributed by atoms with Crippen molar-refractivity contribution in [3.63, 3.8) is 0 Å². The number of β-amino-alcohol motifs (C(OH)–C–C–N with tert-alkyl or cyclic N) is 1. The summed E-state index contributed by atoms with van der Waals surface area (Å²) >= 11 is 0. The van der Waals surface area contributed by atoms with E-state index in [4.69, 9.17) is 0 Å². The van der Waals surface area contributed by atoms with Gasteiger partial charge >= 0.3 is 0 Å². The normalized spacial score (nSPS) is 32.7. The van der Waals surface area contributed by atoms with Crippen LogP contribution in [0.4, 0.5) is 0 Å². The molecule has 68 valence electrons. The standard InChI is InChI=1S/C9H15NO2/c1-6(7-2-3-7)10-5-8(11)4-9(10)12/h6-8,11H,2-5H2,1H3. The molecule has 1 N–H and O–H groups in total. The highest BCUT2D eigenvalue weighted by Gasteiger charge is 2.38. The molecule has 0 bridgehead atoms. The highest BCUT2D eigenvalue weighted by molar-refractivity contribution is 5.79. The van der Waals surface area contributed by atoms with E-state index in [1.165, 1.54) is 12.8 Å². The third kappa shape index (κ3) is 1.33. The van der Waals surface area contributed by atoms with Crippen LogP contribution in [0.3, 0.4) is 0 Å². The SMILES string of the molecule is CC(C1CC1)N1CC(O)CC1=O. The molecule has 3 heteroatoms. The molecule has 2 atom stereocenters. The first-order chi connectivity index (χ1) is 5.68. The number of carbonyl (C=O) groups is 1. The molecular weight excluding hydrogens is 154 g/mol. The predicted octanol–water partition coefficient (Wildman–Crippen LogP) is 0.378. The number of amides is 1. The highest BCUT2D eigenvalue weighted by Crippen LogP contribution is 2.36. The summed E-state index contributed by atoms with van der Waals surface area (Å²) in [6, 6.07) is 0.356. The summed E-state index contributed by atoms with van der Waals surface area (Å²) in [7, 11) is 0. The van der Waals surface area contributed by atoms with E-state index in [1.54, 1.807) is 0 Å². The Morgan fingerprint density at radius 1 is 1.58 bits per heavy atom. The summed E-state index contributed by atoms with van der Waals surface area (Å²) in [6.45, 7) is 2.64. The number of hydrogen-bond donors (Lipinski definition) is 1. The average molecular weight is 169 g/mol. The van der Waals surface area contributed by atoms with Crippen molar-refractivity contribution in [2.45, 2.75) is 38.3 Å². The molecule has 3 nitrogen and oxygen atoms in total. The van der Waals surface area contributed by atoms with Crippen LogP contribution >= 0.6 is 0 Å². The number of aliphatic hydroxyl groups excluding tert-OH is 1. The van der Waals surface area contributed by atoms with Crippen molar-refractivity contribution in [1.82, 2.24) is 4.90 Å². The van der Waals surface area contributed by atoms with Gasteiger partial charge in [-0.05, 0) is 25.7 Å². The van der Waals surface area contributed by atoms with Crippen LogP contribution in [-0.2, 0) is 4.79 Å². The molecule has 1 aliphatic carbocycles. The second-order valence-corrected chi connectivity index (χ2v) is 3.98. The third-order valence-electron chi connectivity index (χ3n) is 2.93. The molecule has 2 unspecified atom stereocenters.